The average Bonchev–Trinajstić information content (AvgIpc) is 2.69. The van der Waals surface area contributed by atoms with E-state index in [1.807, 2.05) is 14.1 Å². The molecule has 0 aromatic rings. The Morgan fingerprint density at radius 2 is 0.679 bits per heavy atom. The molecule has 0 radical (unpaired) electrons. The van der Waals surface area contributed by atoms with Gasteiger partial charge in [0.1, 0.15) is 0 Å². The summed E-state index contributed by atoms with van der Waals surface area (Å²) >= 11 is 3.91. The van der Waals surface area contributed by atoms with Crippen molar-refractivity contribution in [3.63, 3.8) is 0 Å². The van der Waals surface area contributed by atoms with Crippen molar-refractivity contribution in [2.45, 2.75) is 154 Å². The standard InChI is InChI=1S/C24H49Br.C2H7N/c1-3-5-7-9-11-13-15-17-19-21-23-24(25)22-20-18-16-14-12-10-8-6-4-2;1-3-2/h24H,3-23H2,1-2H3;3H,1-2H3. The normalized spacial score (nSPS) is 11.9. The molecule has 28 heavy (non-hydrogen) atoms. The highest BCUT2D eigenvalue weighted by Crippen LogP contribution is 2.20. The maximum absolute atomic E-state index is 3.91. The van der Waals surface area contributed by atoms with Gasteiger partial charge in [0.05, 0.1) is 0 Å². The van der Waals surface area contributed by atoms with Gasteiger partial charge in [0, 0.05) is 4.83 Å². The van der Waals surface area contributed by atoms with Gasteiger partial charge < -0.3 is 5.32 Å². The van der Waals surface area contributed by atoms with Gasteiger partial charge in [-0.15, -0.1) is 0 Å². The van der Waals surface area contributed by atoms with Gasteiger partial charge in [0.25, 0.3) is 0 Å². The fraction of sp³-hybridized carbons (Fsp3) is 1.00. The summed E-state index contributed by atoms with van der Waals surface area (Å²) in [6, 6.07) is 0. The summed E-state index contributed by atoms with van der Waals surface area (Å²) < 4.78 is 0. The predicted molar refractivity (Wildman–Crippen MR) is 136 cm³/mol. The number of rotatable bonds is 21. The Labute approximate surface area is 188 Å². The Morgan fingerprint density at radius 3 is 0.929 bits per heavy atom. The lowest BCUT2D eigenvalue weighted by atomic mass is 10.0. The zero-order valence-electron chi connectivity index (χ0n) is 20.3. The van der Waals surface area contributed by atoms with Gasteiger partial charge >= 0.3 is 0 Å². The molecule has 0 saturated carbocycles. The lowest BCUT2D eigenvalue weighted by Crippen LogP contribution is -1.97. The predicted octanol–water partition coefficient (Wildman–Crippen LogP) is 9.82. The van der Waals surface area contributed by atoms with Crippen LogP contribution in [-0.2, 0) is 0 Å². The molecule has 0 aliphatic rings. The van der Waals surface area contributed by atoms with Crippen LogP contribution in [0.2, 0.25) is 0 Å². The lowest BCUT2D eigenvalue weighted by molar-refractivity contribution is 0.527. The molecule has 172 valence electrons. The lowest BCUT2D eigenvalue weighted by Gasteiger charge is -2.09. The minimum atomic E-state index is 0.783. The molecule has 0 aliphatic carbocycles. The van der Waals surface area contributed by atoms with Gasteiger partial charge in [-0.2, -0.15) is 0 Å². The first-order valence-electron chi connectivity index (χ1n) is 12.9. The van der Waals surface area contributed by atoms with E-state index in [2.05, 4.69) is 35.1 Å². The molecule has 0 aliphatic heterocycles. The molecule has 2 heteroatoms. The van der Waals surface area contributed by atoms with Crippen molar-refractivity contribution in [3.05, 3.63) is 0 Å². The summed E-state index contributed by atoms with van der Waals surface area (Å²) in [7, 11) is 3.75. The molecule has 0 heterocycles. The van der Waals surface area contributed by atoms with E-state index in [-0.39, 0.29) is 0 Å². The number of hydrogen-bond acceptors (Lipinski definition) is 1. The molecular weight excluding hydrogens is 406 g/mol. The largest absolute Gasteiger partial charge is 0.323 e. The monoisotopic (exact) mass is 461 g/mol. The fourth-order valence-corrected chi connectivity index (χ4v) is 4.32. The summed E-state index contributed by atoms with van der Waals surface area (Å²) in [5.74, 6) is 0. The number of unbranched alkanes of at least 4 members (excludes halogenated alkanes) is 17. The minimum Gasteiger partial charge on any atom is -0.323 e. The molecule has 0 saturated heterocycles. The molecule has 0 bridgehead atoms. The van der Waals surface area contributed by atoms with Gasteiger partial charge in [-0.3, -0.25) is 0 Å². The zero-order chi connectivity index (χ0) is 21.1. The van der Waals surface area contributed by atoms with Crippen LogP contribution in [0.5, 0.6) is 0 Å². The van der Waals surface area contributed by atoms with E-state index in [1.54, 1.807) is 0 Å². The maximum atomic E-state index is 3.91. The smallest absolute Gasteiger partial charge is 0.0145 e. The molecule has 0 aromatic heterocycles. The maximum Gasteiger partial charge on any atom is 0.0145 e. The Kier molecular flexibility index (Phi) is 32.4. The first kappa shape index (κ1) is 30.6. The third-order valence-corrected chi connectivity index (χ3v) is 6.41. The van der Waals surface area contributed by atoms with Crippen LogP contribution >= 0.6 is 15.9 Å². The van der Waals surface area contributed by atoms with Gasteiger partial charge in [0.2, 0.25) is 0 Å². The summed E-state index contributed by atoms with van der Waals surface area (Å²) in [5.41, 5.74) is 0. The van der Waals surface area contributed by atoms with Crippen LogP contribution in [0.1, 0.15) is 149 Å². The van der Waals surface area contributed by atoms with E-state index in [4.69, 9.17) is 0 Å². The van der Waals surface area contributed by atoms with Crippen LogP contribution in [0.3, 0.4) is 0 Å². The van der Waals surface area contributed by atoms with Crippen LogP contribution in [-0.4, -0.2) is 18.9 Å². The van der Waals surface area contributed by atoms with Crippen molar-refractivity contribution >= 4 is 15.9 Å². The molecule has 1 unspecified atom stereocenters. The second-order valence-corrected chi connectivity index (χ2v) is 9.98. The molecule has 1 N–H and O–H groups in total. The van der Waals surface area contributed by atoms with Crippen molar-refractivity contribution < 1.29 is 0 Å². The molecule has 0 aromatic carbocycles. The molecule has 0 spiro atoms. The third-order valence-electron chi connectivity index (χ3n) is 5.49. The van der Waals surface area contributed by atoms with Crippen LogP contribution in [0.25, 0.3) is 0 Å². The molecule has 0 fully saturated rings. The van der Waals surface area contributed by atoms with Crippen molar-refractivity contribution in [1.82, 2.24) is 5.32 Å². The van der Waals surface area contributed by atoms with Gasteiger partial charge in [-0.05, 0) is 26.9 Å². The summed E-state index contributed by atoms with van der Waals surface area (Å²) in [6.07, 6.45) is 30.3. The van der Waals surface area contributed by atoms with Crippen LogP contribution in [0, 0.1) is 0 Å². The van der Waals surface area contributed by atoms with E-state index < -0.39 is 0 Å². The Balaban J connectivity index is 0. The van der Waals surface area contributed by atoms with Crippen molar-refractivity contribution in [3.8, 4) is 0 Å². The number of nitrogens with one attached hydrogen (secondary N) is 1. The zero-order valence-corrected chi connectivity index (χ0v) is 21.9. The molecule has 1 nitrogen and oxygen atoms in total. The van der Waals surface area contributed by atoms with Crippen LogP contribution < -0.4 is 5.32 Å². The highest BCUT2D eigenvalue weighted by atomic mass is 79.9. The third kappa shape index (κ3) is 31.1. The van der Waals surface area contributed by atoms with Crippen molar-refractivity contribution in [2.75, 3.05) is 14.1 Å². The van der Waals surface area contributed by atoms with E-state index >= 15 is 0 Å². The van der Waals surface area contributed by atoms with Gasteiger partial charge in [-0.1, -0.05) is 152 Å². The number of halogens is 1. The Hall–Kier alpha value is 0.440. The highest BCUT2D eigenvalue weighted by Gasteiger charge is 2.03. The molecule has 0 rings (SSSR count). The molecule has 1 atom stereocenters. The summed E-state index contributed by atoms with van der Waals surface area (Å²) in [4.78, 5) is 0.783. The average molecular weight is 463 g/mol. The van der Waals surface area contributed by atoms with Crippen molar-refractivity contribution in [1.29, 1.82) is 0 Å². The SMILES string of the molecule is CCCCCCCCCCCCC(Br)CCCCCCCCCCC.CNC. The number of hydrogen-bond donors (Lipinski definition) is 1. The fourth-order valence-electron chi connectivity index (χ4n) is 3.67. The topological polar surface area (TPSA) is 12.0 Å². The highest BCUT2D eigenvalue weighted by molar-refractivity contribution is 9.09. The van der Waals surface area contributed by atoms with E-state index in [9.17, 15) is 0 Å². The first-order chi connectivity index (χ1) is 13.7. The van der Waals surface area contributed by atoms with Crippen molar-refractivity contribution in [2.24, 2.45) is 0 Å². The molecule has 0 amide bonds. The second-order valence-electron chi connectivity index (χ2n) is 8.69. The van der Waals surface area contributed by atoms with Gasteiger partial charge in [0.15, 0.2) is 0 Å². The summed E-state index contributed by atoms with van der Waals surface area (Å²) in [6.45, 7) is 4.60. The van der Waals surface area contributed by atoms with E-state index in [0.29, 0.717) is 0 Å². The van der Waals surface area contributed by atoms with E-state index in [1.165, 1.54) is 135 Å². The second kappa shape index (κ2) is 29.6. The van der Waals surface area contributed by atoms with E-state index in [0.717, 1.165) is 4.83 Å². The Morgan fingerprint density at radius 1 is 0.464 bits per heavy atom. The number of alkyl halides is 1. The quantitative estimate of drug-likeness (QED) is 0.132. The first-order valence-corrected chi connectivity index (χ1v) is 13.9. The summed E-state index contributed by atoms with van der Waals surface area (Å²) in [5, 5.41) is 2.75. The Bertz CT molecular complexity index is 245. The minimum absolute atomic E-state index is 0.783. The molecular formula is C26H56BrN. The van der Waals surface area contributed by atoms with Crippen LogP contribution in [0.15, 0.2) is 0 Å². The van der Waals surface area contributed by atoms with Gasteiger partial charge in [-0.25, -0.2) is 0 Å². The van der Waals surface area contributed by atoms with Crippen LogP contribution in [0.4, 0.5) is 0 Å².